The number of hydrogen-bond acceptors (Lipinski definition) is 4. The highest BCUT2D eigenvalue weighted by Crippen LogP contribution is 2.25. The van der Waals surface area contributed by atoms with E-state index in [1.807, 2.05) is 0 Å². The Labute approximate surface area is 193 Å². The predicted molar refractivity (Wildman–Crippen MR) is 113 cm³/mol. The number of hydrogen-bond donors (Lipinski definition) is 1. The number of nitrogens with one attached hydrogen (secondary N) is 1. The Morgan fingerprint density at radius 3 is 2.50 bits per heavy atom. The molecule has 0 aliphatic carbocycles. The van der Waals surface area contributed by atoms with Gasteiger partial charge in [0.2, 0.25) is 5.88 Å². The van der Waals surface area contributed by atoms with E-state index in [9.17, 15) is 32.0 Å². The highest BCUT2D eigenvalue weighted by molar-refractivity contribution is 5.74. The number of benzene rings is 1. The first kappa shape index (κ1) is 25.6. The van der Waals surface area contributed by atoms with Gasteiger partial charge in [0.25, 0.3) is 0 Å². The Bertz CT molecular complexity index is 955. The van der Waals surface area contributed by atoms with E-state index in [0.29, 0.717) is 11.1 Å². The van der Waals surface area contributed by atoms with Crippen LogP contribution in [0.3, 0.4) is 0 Å². The maximum absolute atomic E-state index is 14.9. The van der Waals surface area contributed by atoms with Crippen LogP contribution in [0.5, 0.6) is 5.88 Å². The zero-order valence-corrected chi connectivity index (χ0v) is 18.4. The second-order valence-corrected chi connectivity index (χ2v) is 8.40. The summed E-state index contributed by atoms with van der Waals surface area (Å²) in [6.45, 7) is -1.64. The molecule has 7 nitrogen and oxygen atoms in total. The van der Waals surface area contributed by atoms with Crippen LogP contribution >= 0.6 is 0 Å². The number of pyridine rings is 1. The SMILES string of the molecule is C[N+]1([O-])CC[C@H](N(Cc2ccc(F)cc2)C(=O)NCc2ccc(OCC(F)(F)F)nc2)[C@H](F)C1. The molecule has 0 spiro atoms. The minimum absolute atomic E-state index is 0.00222. The standard InChI is InChI=1S/C22H25F5N4O3/c1-31(33)9-8-19(18(24)13-31)30(12-15-2-5-17(23)6-3-15)21(32)29-11-16-4-7-20(28-10-16)34-14-22(25,26)27/h2-7,10,18-19H,8-9,11-14H2,1H3,(H,29,32)/t18-,19+,31?/m1/s1. The van der Waals surface area contributed by atoms with Crippen LogP contribution < -0.4 is 10.1 Å². The maximum Gasteiger partial charge on any atom is 0.422 e. The number of quaternary nitrogens is 1. The minimum Gasteiger partial charge on any atom is -0.633 e. The van der Waals surface area contributed by atoms with Crippen LogP contribution in [-0.4, -0.2) is 65.7 Å². The first-order valence-corrected chi connectivity index (χ1v) is 10.5. The summed E-state index contributed by atoms with van der Waals surface area (Å²) in [7, 11) is 1.38. The molecule has 0 radical (unpaired) electrons. The molecule has 3 rings (SSSR count). The Balaban J connectivity index is 1.66. The molecule has 1 aliphatic heterocycles. The number of urea groups is 1. The molecule has 0 saturated carbocycles. The quantitative estimate of drug-likeness (QED) is 0.364. The van der Waals surface area contributed by atoms with Crippen LogP contribution in [0.4, 0.5) is 26.7 Å². The number of amides is 2. The Morgan fingerprint density at radius 1 is 1.24 bits per heavy atom. The van der Waals surface area contributed by atoms with Gasteiger partial charge in [-0.05, 0) is 23.3 Å². The summed E-state index contributed by atoms with van der Waals surface area (Å²) in [5.74, 6) is -0.665. The van der Waals surface area contributed by atoms with Gasteiger partial charge < -0.3 is 24.8 Å². The molecule has 34 heavy (non-hydrogen) atoms. The molecule has 2 heterocycles. The van der Waals surface area contributed by atoms with Crippen molar-refractivity contribution in [2.45, 2.75) is 37.9 Å². The van der Waals surface area contributed by atoms with Crippen LogP contribution in [0.2, 0.25) is 0 Å². The van der Waals surface area contributed by atoms with Crippen molar-refractivity contribution in [2.75, 3.05) is 26.7 Å². The van der Waals surface area contributed by atoms with Gasteiger partial charge in [-0.25, -0.2) is 18.6 Å². The van der Waals surface area contributed by atoms with Gasteiger partial charge in [0.05, 0.1) is 19.6 Å². The summed E-state index contributed by atoms with van der Waals surface area (Å²) in [6, 6.07) is 6.69. The lowest BCUT2D eigenvalue weighted by Crippen LogP contribution is -2.59. The van der Waals surface area contributed by atoms with Crippen molar-refractivity contribution in [3.05, 3.63) is 64.7 Å². The van der Waals surface area contributed by atoms with Crippen LogP contribution in [0.25, 0.3) is 0 Å². The lowest BCUT2D eigenvalue weighted by atomic mass is 10.0. The molecule has 3 atom stereocenters. The summed E-state index contributed by atoms with van der Waals surface area (Å²) in [5, 5.41) is 14.8. The van der Waals surface area contributed by atoms with Gasteiger partial charge in [-0.1, -0.05) is 18.2 Å². The van der Waals surface area contributed by atoms with Gasteiger partial charge in [0, 0.05) is 31.8 Å². The average Bonchev–Trinajstić information content (AvgIpc) is 2.76. The van der Waals surface area contributed by atoms with Gasteiger partial charge in [-0.3, -0.25) is 0 Å². The number of halogens is 5. The number of piperidine rings is 1. The van der Waals surface area contributed by atoms with Crippen molar-refractivity contribution in [2.24, 2.45) is 0 Å². The number of carbonyl (C=O) groups excluding carboxylic acids is 1. The van der Waals surface area contributed by atoms with E-state index in [1.54, 1.807) is 0 Å². The fraction of sp³-hybridized carbons (Fsp3) is 0.455. The molecule has 12 heteroatoms. The lowest BCUT2D eigenvalue weighted by molar-refractivity contribution is -0.869. The van der Waals surface area contributed by atoms with Crippen molar-refractivity contribution in [1.82, 2.24) is 15.2 Å². The van der Waals surface area contributed by atoms with Crippen molar-refractivity contribution in [3.8, 4) is 5.88 Å². The lowest BCUT2D eigenvalue weighted by Gasteiger charge is -2.47. The molecule has 1 aromatic heterocycles. The van der Waals surface area contributed by atoms with E-state index in [4.69, 9.17) is 0 Å². The fourth-order valence-electron chi connectivity index (χ4n) is 3.68. The van der Waals surface area contributed by atoms with Gasteiger partial charge in [0.1, 0.15) is 12.4 Å². The largest absolute Gasteiger partial charge is 0.633 e. The van der Waals surface area contributed by atoms with Crippen molar-refractivity contribution < 1.29 is 36.1 Å². The summed E-state index contributed by atoms with van der Waals surface area (Å²) >= 11 is 0. The van der Waals surface area contributed by atoms with Gasteiger partial charge in [0.15, 0.2) is 12.8 Å². The van der Waals surface area contributed by atoms with Gasteiger partial charge >= 0.3 is 12.2 Å². The van der Waals surface area contributed by atoms with Gasteiger partial charge in [-0.15, -0.1) is 0 Å². The van der Waals surface area contributed by atoms with Crippen LogP contribution in [0.15, 0.2) is 42.6 Å². The number of ether oxygens (including phenoxy) is 1. The smallest absolute Gasteiger partial charge is 0.422 e. The Morgan fingerprint density at radius 2 is 1.91 bits per heavy atom. The first-order chi connectivity index (χ1) is 15.9. The maximum atomic E-state index is 14.9. The highest BCUT2D eigenvalue weighted by atomic mass is 19.4. The molecule has 2 amide bonds. The molecule has 1 N–H and O–H groups in total. The van der Waals surface area contributed by atoms with Crippen molar-refractivity contribution in [1.29, 1.82) is 0 Å². The van der Waals surface area contributed by atoms with Crippen LogP contribution in [0, 0.1) is 11.0 Å². The topological polar surface area (TPSA) is 77.5 Å². The number of carbonyl (C=O) groups is 1. The van der Waals surface area contributed by atoms with Gasteiger partial charge in [-0.2, -0.15) is 13.2 Å². The molecule has 1 saturated heterocycles. The molecule has 1 aromatic carbocycles. The van der Waals surface area contributed by atoms with E-state index in [-0.39, 0.29) is 38.5 Å². The summed E-state index contributed by atoms with van der Waals surface area (Å²) in [4.78, 5) is 18.1. The van der Waals surface area contributed by atoms with Crippen molar-refractivity contribution in [3.63, 3.8) is 0 Å². The zero-order valence-electron chi connectivity index (χ0n) is 18.4. The third kappa shape index (κ3) is 7.52. The summed E-state index contributed by atoms with van der Waals surface area (Å²) in [5.41, 5.74) is 1.07. The number of rotatable bonds is 7. The monoisotopic (exact) mass is 488 g/mol. The zero-order chi connectivity index (χ0) is 24.9. The van der Waals surface area contributed by atoms with E-state index < -0.39 is 41.5 Å². The summed E-state index contributed by atoms with van der Waals surface area (Å²) < 4.78 is 68.7. The van der Waals surface area contributed by atoms with Crippen LogP contribution in [-0.2, 0) is 13.1 Å². The van der Waals surface area contributed by atoms with E-state index in [2.05, 4.69) is 15.0 Å². The second-order valence-electron chi connectivity index (χ2n) is 8.40. The normalized spacial score (nSPS) is 22.8. The van der Waals surface area contributed by atoms with Crippen molar-refractivity contribution >= 4 is 6.03 Å². The summed E-state index contributed by atoms with van der Waals surface area (Å²) in [6.07, 6.45) is -4.62. The third-order valence-electron chi connectivity index (χ3n) is 5.43. The first-order valence-electron chi connectivity index (χ1n) is 10.5. The molecular formula is C22H25F5N4O3. The molecule has 1 aliphatic rings. The Kier molecular flexibility index (Phi) is 7.93. The third-order valence-corrected chi connectivity index (χ3v) is 5.43. The van der Waals surface area contributed by atoms with E-state index in [1.165, 1.54) is 54.5 Å². The van der Waals surface area contributed by atoms with Crippen LogP contribution in [0.1, 0.15) is 17.5 Å². The van der Waals surface area contributed by atoms with E-state index in [0.717, 1.165) is 0 Å². The van der Waals surface area contributed by atoms with E-state index >= 15 is 0 Å². The number of likely N-dealkylation sites (tertiary alicyclic amines) is 1. The molecule has 1 fully saturated rings. The minimum atomic E-state index is -4.49. The molecule has 2 aromatic rings. The molecular weight excluding hydrogens is 463 g/mol. The number of aromatic nitrogens is 1. The number of alkyl halides is 4. The molecule has 1 unspecified atom stereocenters. The average molecular weight is 488 g/mol. The Hall–Kier alpha value is -2.99. The molecule has 0 bridgehead atoms. The second kappa shape index (κ2) is 10.5. The predicted octanol–water partition coefficient (Wildman–Crippen LogP) is 3.93. The number of hydroxylamine groups is 3. The fourth-order valence-corrected chi connectivity index (χ4v) is 3.68. The highest BCUT2D eigenvalue weighted by Gasteiger charge is 2.39. The number of nitrogens with zero attached hydrogens (tertiary/aromatic N) is 3. The molecule has 186 valence electrons.